The maximum Gasteiger partial charge on any atom is 0.251 e. The van der Waals surface area contributed by atoms with E-state index in [4.69, 9.17) is 28.9 Å². The van der Waals surface area contributed by atoms with E-state index in [1.54, 1.807) is 0 Å². The first kappa shape index (κ1) is 16.4. The van der Waals surface area contributed by atoms with Gasteiger partial charge in [-0.05, 0) is 36.8 Å². The third kappa shape index (κ3) is 4.02. The van der Waals surface area contributed by atoms with E-state index < -0.39 is 0 Å². The molecular formula is C15H20Cl2N2O2. The molecule has 1 aromatic carbocycles. The zero-order chi connectivity index (χ0) is 15.4. The minimum absolute atomic E-state index is 0.181. The zero-order valence-corrected chi connectivity index (χ0v) is 13.3. The van der Waals surface area contributed by atoms with Gasteiger partial charge in [-0.3, -0.25) is 4.79 Å². The fraction of sp³-hybridized carbons (Fsp3) is 0.533. The van der Waals surface area contributed by atoms with Gasteiger partial charge in [0.05, 0.1) is 15.7 Å². The lowest BCUT2D eigenvalue weighted by molar-refractivity contribution is 0.0909. The Morgan fingerprint density at radius 1 is 1.29 bits per heavy atom. The van der Waals surface area contributed by atoms with Crippen LogP contribution in [0.15, 0.2) is 12.1 Å². The van der Waals surface area contributed by atoms with Gasteiger partial charge in [0.1, 0.15) is 0 Å². The average molecular weight is 331 g/mol. The quantitative estimate of drug-likeness (QED) is 0.742. The summed E-state index contributed by atoms with van der Waals surface area (Å²) in [5, 5.41) is 12.8. The van der Waals surface area contributed by atoms with Gasteiger partial charge in [0.15, 0.2) is 0 Å². The molecule has 2 unspecified atom stereocenters. The van der Waals surface area contributed by atoms with Gasteiger partial charge < -0.3 is 16.2 Å². The van der Waals surface area contributed by atoms with Crippen LogP contribution >= 0.6 is 23.2 Å². The number of carbonyl (C=O) groups excluding carboxylic acids is 1. The Bertz CT molecular complexity index is 499. The lowest BCUT2D eigenvalue weighted by atomic mass is 9.79. The summed E-state index contributed by atoms with van der Waals surface area (Å²) in [7, 11) is 0. The SMILES string of the molecule is Nc1cc(C(=O)NCC2CCCCC2CO)cc(Cl)c1Cl. The fourth-order valence-corrected chi connectivity index (χ4v) is 3.20. The molecule has 1 amide bonds. The highest BCUT2D eigenvalue weighted by molar-refractivity contribution is 6.43. The van der Waals surface area contributed by atoms with Crippen LogP contribution in [0.4, 0.5) is 5.69 Å². The van der Waals surface area contributed by atoms with Gasteiger partial charge in [0.25, 0.3) is 5.91 Å². The number of nitrogen functional groups attached to an aromatic ring is 1. The Hall–Kier alpha value is -0.970. The van der Waals surface area contributed by atoms with Gasteiger partial charge in [0.2, 0.25) is 0 Å². The van der Waals surface area contributed by atoms with E-state index >= 15 is 0 Å². The van der Waals surface area contributed by atoms with Crippen LogP contribution in [-0.4, -0.2) is 24.2 Å². The molecule has 0 radical (unpaired) electrons. The number of hydrogen-bond donors (Lipinski definition) is 3. The van der Waals surface area contributed by atoms with Crippen LogP contribution in [0.5, 0.6) is 0 Å². The van der Waals surface area contributed by atoms with Gasteiger partial charge in [-0.1, -0.05) is 36.0 Å². The number of aliphatic hydroxyl groups is 1. The van der Waals surface area contributed by atoms with Crippen molar-refractivity contribution in [2.75, 3.05) is 18.9 Å². The molecule has 0 heterocycles. The van der Waals surface area contributed by atoms with Crippen molar-refractivity contribution in [2.45, 2.75) is 25.7 Å². The summed E-state index contributed by atoms with van der Waals surface area (Å²) in [6.45, 7) is 0.741. The molecule has 2 rings (SSSR count). The van der Waals surface area contributed by atoms with Crippen molar-refractivity contribution in [2.24, 2.45) is 11.8 Å². The summed E-state index contributed by atoms with van der Waals surface area (Å²) in [5.41, 5.74) is 6.41. The first-order valence-corrected chi connectivity index (χ1v) is 7.92. The summed E-state index contributed by atoms with van der Waals surface area (Å²) in [4.78, 5) is 12.2. The Kier molecular flexibility index (Phi) is 5.73. The van der Waals surface area contributed by atoms with Crippen LogP contribution in [0, 0.1) is 11.8 Å². The predicted octanol–water partition coefficient (Wildman–Crippen LogP) is 3.10. The molecule has 21 heavy (non-hydrogen) atoms. The topological polar surface area (TPSA) is 75.4 Å². The highest BCUT2D eigenvalue weighted by Crippen LogP contribution is 2.30. The standard InChI is InChI=1S/C15H20Cl2N2O2/c16-12-5-11(6-13(18)14(12)17)15(21)19-7-9-3-1-2-4-10(9)8-20/h5-6,9-10,20H,1-4,7-8,18H2,(H,19,21). The van der Waals surface area contributed by atoms with Crippen molar-refractivity contribution in [3.8, 4) is 0 Å². The number of aliphatic hydroxyl groups excluding tert-OH is 1. The van der Waals surface area contributed by atoms with Crippen LogP contribution < -0.4 is 11.1 Å². The predicted molar refractivity (Wildman–Crippen MR) is 85.7 cm³/mol. The molecule has 1 saturated carbocycles. The van der Waals surface area contributed by atoms with Crippen molar-refractivity contribution < 1.29 is 9.90 Å². The third-order valence-corrected chi connectivity index (χ3v) is 4.96. The molecule has 0 aliphatic heterocycles. The lowest BCUT2D eigenvalue weighted by Crippen LogP contribution is -2.35. The van der Waals surface area contributed by atoms with Gasteiger partial charge >= 0.3 is 0 Å². The second kappa shape index (κ2) is 7.34. The molecule has 1 aliphatic carbocycles. The van der Waals surface area contributed by atoms with Crippen molar-refractivity contribution in [1.29, 1.82) is 0 Å². The summed E-state index contributed by atoms with van der Waals surface area (Å²) < 4.78 is 0. The summed E-state index contributed by atoms with van der Waals surface area (Å²) >= 11 is 11.8. The van der Waals surface area contributed by atoms with E-state index in [1.807, 2.05) is 0 Å². The molecule has 2 atom stereocenters. The molecule has 0 bridgehead atoms. The Morgan fingerprint density at radius 2 is 1.95 bits per heavy atom. The van der Waals surface area contributed by atoms with Crippen LogP contribution in [0.25, 0.3) is 0 Å². The number of benzene rings is 1. The number of carbonyl (C=O) groups is 1. The van der Waals surface area contributed by atoms with Gasteiger partial charge in [0, 0.05) is 18.7 Å². The Labute approximate surface area is 134 Å². The fourth-order valence-electron chi connectivity index (χ4n) is 2.86. The zero-order valence-electron chi connectivity index (χ0n) is 11.7. The number of hydrogen-bond acceptors (Lipinski definition) is 3. The number of nitrogens with one attached hydrogen (secondary N) is 1. The molecular weight excluding hydrogens is 311 g/mol. The molecule has 0 spiro atoms. The van der Waals surface area contributed by atoms with Crippen molar-refractivity contribution in [1.82, 2.24) is 5.32 Å². The third-order valence-electron chi connectivity index (χ3n) is 4.14. The summed E-state index contributed by atoms with van der Waals surface area (Å²) in [6.07, 6.45) is 4.36. The number of amides is 1. The van der Waals surface area contributed by atoms with E-state index in [-0.39, 0.29) is 28.5 Å². The first-order valence-electron chi connectivity index (χ1n) is 7.16. The van der Waals surface area contributed by atoms with Gasteiger partial charge in [-0.15, -0.1) is 0 Å². The monoisotopic (exact) mass is 330 g/mol. The van der Waals surface area contributed by atoms with E-state index in [9.17, 15) is 9.90 Å². The van der Waals surface area contributed by atoms with Crippen molar-refractivity contribution >= 4 is 34.8 Å². The number of halogens is 2. The molecule has 1 fully saturated rings. The van der Waals surface area contributed by atoms with E-state index in [1.165, 1.54) is 12.1 Å². The smallest absolute Gasteiger partial charge is 0.251 e. The second-order valence-corrected chi connectivity index (χ2v) is 6.34. The summed E-state index contributed by atoms with van der Waals surface area (Å²) in [6, 6.07) is 3.04. The molecule has 4 N–H and O–H groups in total. The van der Waals surface area contributed by atoms with Crippen LogP contribution in [-0.2, 0) is 0 Å². The second-order valence-electron chi connectivity index (χ2n) is 5.56. The molecule has 1 aromatic rings. The molecule has 1 aliphatic rings. The van der Waals surface area contributed by atoms with Crippen molar-refractivity contribution in [3.63, 3.8) is 0 Å². The average Bonchev–Trinajstić information content (AvgIpc) is 2.49. The van der Waals surface area contributed by atoms with E-state index in [0.717, 1.165) is 25.7 Å². The minimum Gasteiger partial charge on any atom is -0.397 e. The highest BCUT2D eigenvalue weighted by Gasteiger charge is 2.25. The maximum atomic E-state index is 12.2. The van der Waals surface area contributed by atoms with Gasteiger partial charge in [-0.2, -0.15) is 0 Å². The molecule has 4 nitrogen and oxygen atoms in total. The maximum absolute atomic E-state index is 12.2. The highest BCUT2D eigenvalue weighted by atomic mass is 35.5. The van der Waals surface area contributed by atoms with Crippen molar-refractivity contribution in [3.05, 3.63) is 27.7 Å². The number of rotatable bonds is 4. The first-order chi connectivity index (χ1) is 10.0. The molecule has 6 heteroatoms. The normalized spacial score (nSPS) is 22.0. The number of anilines is 1. The van der Waals surface area contributed by atoms with Crippen LogP contribution in [0.3, 0.4) is 0 Å². The van der Waals surface area contributed by atoms with E-state index in [2.05, 4.69) is 5.32 Å². The molecule has 0 saturated heterocycles. The Morgan fingerprint density at radius 3 is 2.57 bits per heavy atom. The number of nitrogens with two attached hydrogens (primary N) is 1. The van der Waals surface area contributed by atoms with Crippen LogP contribution in [0.1, 0.15) is 36.0 Å². The Balaban J connectivity index is 1.98. The minimum atomic E-state index is -0.220. The summed E-state index contributed by atoms with van der Waals surface area (Å²) in [5.74, 6) is 0.383. The largest absolute Gasteiger partial charge is 0.397 e. The van der Waals surface area contributed by atoms with Crippen LogP contribution in [0.2, 0.25) is 10.0 Å². The van der Waals surface area contributed by atoms with Gasteiger partial charge in [-0.25, -0.2) is 0 Å². The molecule has 116 valence electrons. The van der Waals surface area contributed by atoms with E-state index in [0.29, 0.717) is 23.7 Å². The lowest BCUT2D eigenvalue weighted by Gasteiger charge is -2.30. The molecule has 0 aromatic heterocycles.